The summed E-state index contributed by atoms with van der Waals surface area (Å²) in [6.07, 6.45) is 49.0. The van der Waals surface area contributed by atoms with Gasteiger partial charge in [0, 0.05) is 13.0 Å². The van der Waals surface area contributed by atoms with E-state index in [4.69, 9.17) is 24.3 Å². The standard InChI is InChI=1S/C43H78NO7P/c1-3-5-7-9-11-13-15-17-19-21-22-24-26-28-30-32-34-36-43(45)49-40-42(41-51-52(46,47)50-39-37-44)48-38-35-33-31-29-27-25-23-20-18-16-14-12-10-8-6-4-2/h11,13,17-20,22,24,35,38,42H,3-10,12,14-16,21,23,25-34,36-37,39-41,44H2,1-2H3,(H,46,47)/t42-/m1/s1. The molecule has 1 unspecified atom stereocenters. The molecule has 52 heavy (non-hydrogen) atoms. The summed E-state index contributed by atoms with van der Waals surface area (Å²) in [5.41, 5.74) is 5.36. The average Bonchev–Trinajstić information content (AvgIpc) is 3.14. The van der Waals surface area contributed by atoms with Gasteiger partial charge in [-0.25, -0.2) is 4.57 Å². The number of esters is 1. The monoisotopic (exact) mass is 752 g/mol. The first-order chi connectivity index (χ1) is 25.4. The Hall–Kier alpha value is -1.96. The van der Waals surface area contributed by atoms with Gasteiger partial charge in [0.25, 0.3) is 0 Å². The van der Waals surface area contributed by atoms with E-state index in [1.807, 2.05) is 6.08 Å². The van der Waals surface area contributed by atoms with Gasteiger partial charge >= 0.3 is 13.8 Å². The fourth-order valence-corrected chi connectivity index (χ4v) is 6.10. The second-order valence-electron chi connectivity index (χ2n) is 13.6. The van der Waals surface area contributed by atoms with Gasteiger partial charge in [-0.05, 0) is 89.5 Å². The summed E-state index contributed by atoms with van der Waals surface area (Å²) in [6.45, 7) is 4.13. The van der Waals surface area contributed by atoms with Crippen LogP contribution in [-0.4, -0.2) is 43.3 Å². The van der Waals surface area contributed by atoms with Crippen LogP contribution in [0.3, 0.4) is 0 Å². The zero-order valence-electron chi connectivity index (χ0n) is 33.3. The first-order valence-corrected chi connectivity index (χ1v) is 22.3. The summed E-state index contributed by atoms with van der Waals surface area (Å²) in [6, 6.07) is 0. The first-order valence-electron chi connectivity index (χ1n) is 20.8. The molecule has 3 N–H and O–H groups in total. The highest BCUT2D eigenvalue weighted by Crippen LogP contribution is 2.43. The molecule has 0 saturated heterocycles. The zero-order chi connectivity index (χ0) is 38.1. The zero-order valence-corrected chi connectivity index (χ0v) is 34.2. The molecular formula is C43H78NO7P. The lowest BCUT2D eigenvalue weighted by Gasteiger charge is -2.19. The maximum Gasteiger partial charge on any atom is 0.472 e. The molecule has 0 aliphatic rings. The molecule has 0 amide bonds. The maximum absolute atomic E-state index is 12.4. The van der Waals surface area contributed by atoms with E-state index in [0.29, 0.717) is 6.42 Å². The second-order valence-corrected chi connectivity index (χ2v) is 15.0. The van der Waals surface area contributed by atoms with E-state index in [2.05, 4.69) is 62.5 Å². The Morgan fingerprint density at radius 2 is 1.04 bits per heavy atom. The molecule has 0 saturated carbocycles. The van der Waals surface area contributed by atoms with Crippen molar-refractivity contribution in [1.29, 1.82) is 0 Å². The molecule has 0 aromatic carbocycles. The highest BCUT2D eigenvalue weighted by molar-refractivity contribution is 7.47. The van der Waals surface area contributed by atoms with E-state index >= 15 is 0 Å². The van der Waals surface area contributed by atoms with Crippen molar-refractivity contribution in [3.05, 3.63) is 60.9 Å². The Bertz CT molecular complexity index is 979. The van der Waals surface area contributed by atoms with Gasteiger partial charge in [-0.1, -0.05) is 133 Å². The third kappa shape index (κ3) is 39.3. The summed E-state index contributed by atoms with van der Waals surface area (Å²) in [5.74, 6) is -0.316. The van der Waals surface area contributed by atoms with E-state index in [1.165, 1.54) is 83.5 Å². The molecule has 0 aromatic heterocycles. The van der Waals surface area contributed by atoms with Crippen LogP contribution >= 0.6 is 7.82 Å². The van der Waals surface area contributed by atoms with Crippen LogP contribution in [0.15, 0.2) is 60.9 Å². The van der Waals surface area contributed by atoms with Gasteiger partial charge in [-0.3, -0.25) is 13.8 Å². The number of rotatable bonds is 39. The van der Waals surface area contributed by atoms with Gasteiger partial charge in [-0.2, -0.15) is 0 Å². The number of hydrogen-bond donors (Lipinski definition) is 2. The van der Waals surface area contributed by atoms with Crippen molar-refractivity contribution in [1.82, 2.24) is 0 Å². The molecule has 0 rings (SSSR count). The van der Waals surface area contributed by atoms with Crippen LogP contribution in [0.2, 0.25) is 0 Å². The van der Waals surface area contributed by atoms with E-state index in [-0.39, 0.29) is 32.3 Å². The summed E-state index contributed by atoms with van der Waals surface area (Å²) < 4.78 is 33.1. The Kier molecular flexibility index (Phi) is 38.7. The molecule has 0 heterocycles. The van der Waals surface area contributed by atoms with E-state index in [9.17, 15) is 14.3 Å². The van der Waals surface area contributed by atoms with Crippen LogP contribution in [0.4, 0.5) is 0 Å². The van der Waals surface area contributed by atoms with Crippen LogP contribution < -0.4 is 5.73 Å². The Morgan fingerprint density at radius 3 is 1.60 bits per heavy atom. The quantitative estimate of drug-likeness (QED) is 0.0210. The number of hydrogen-bond acceptors (Lipinski definition) is 7. The summed E-state index contributed by atoms with van der Waals surface area (Å²) in [5, 5.41) is 0. The van der Waals surface area contributed by atoms with E-state index < -0.39 is 13.9 Å². The number of allylic oxidation sites excluding steroid dienone is 9. The van der Waals surface area contributed by atoms with Gasteiger partial charge in [0.15, 0.2) is 6.10 Å². The largest absolute Gasteiger partial charge is 0.492 e. The van der Waals surface area contributed by atoms with E-state index in [0.717, 1.165) is 70.6 Å². The number of phosphoric acid groups is 1. The average molecular weight is 752 g/mol. The third-order valence-electron chi connectivity index (χ3n) is 8.50. The van der Waals surface area contributed by atoms with Gasteiger partial charge in [0.05, 0.1) is 19.5 Å². The molecule has 0 aliphatic carbocycles. The predicted molar refractivity (Wildman–Crippen MR) is 219 cm³/mol. The maximum atomic E-state index is 12.4. The lowest BCUT2D eigenvalue weighted by Crippen LogP contribution is -2.25. The van der Waals surface area contributed by atoms with Crippen LogP contribution in [0.5, 0.6) is 0 Å². The highest BCUT2D eigenvalue weighted by Gasteiger charge is 2.24. The van der Waals surface area contributed by atoms with Crippen molar-refractivity contribution >= 4 is 13.8 Å². The number of unbranched alkanes of at least 4 members (excludes halogenated alkanes) is 18. The fourth-order valence-electron chi connectivity index (χ4n) is 5.33. The smallest absolute Gasteiger partial charge is 0.472 e. The minimum Gasteiger partial charge on any atom is -0.492 e. The summed E-state index contributed by atoms with van der Waals surface area (Å²) in [7, 11) is -4.28. The minimum absolute atomic E-state index is 0.0824. The lowest BCUT2D eigenvalue weighted by molar-refractivity contribution is -0.147. The van der Waals surface area contributed by atoms with Crippen molar-refractivity contribution in [3.63, 3.8) is 0 Å². The topological polar surface area (TPSA) is 117 Å². The number of carbonyl (C=O) groups excluding carboxylic acids is 1. The minimum atomic E-state index is -4.28. The molecule has 0 radical (unpaired) electrons. The molecule has 0 spiro atoms. The molecule has 8 nitrogen and oxygen atoms in total. The van der Waals surface area contributed by atoms with Crippen molar-refractivity contribution in [2.45, 2.75) is 180 Å². The van der Waals surface area contributed by atoms with Gasteiger partial charge in [-0.15, -0.1) is 0 Å². The third-order valence-corrected chi connectivity index (χ3v) is 9.48. The first kappa shape index (κ1) is 50.0. The molecular weight excluding hydrogens is 673 g/mol. The molecule has 0 fully saturated rings. The SMILES string of the molecule is CCCCCC=CCC=CCC=CCCCCCCC(=O)OC[C@H](COP(=O)(O)OCCN)OC=CCCCCCCC=CCCCCCCCC. The fraction of sp³-hybridized carbons (Fsp3) is 0.744. The predicted octanol–water partition coefficient (Wildman–Crippen LogP) is 12.5. The Labute approximate surface area is 319 Å². The molecule has 0 aromatic rings. The number of carbonyl (C=O) groups is 1. The van der Waals surface area contributed by atoms with Crippen molar-refractivity contribution in [2.75, 3.05) is 26.4 Å². The van der Waals surface area contributed by atoms with Gasteiger partial charge in [0.1, 0.15) is 6.61 Å². The molecule has 0 aliphatic heterocycles. The van der Waals surface area contributed by atoms with Crippen molar-refractivity contribution in [3.8, 4) is 0 Å². The molecule has 9 heteroatoms. The van der Waals surface area contributed by atoms with Crippen LogP contribution in [0, 0.1) is 0 Å². The molecule has 2 atom stereocenters. The van der Waals surface area contributed by atoms with Gasteiger partial charge < -0.3 is 20.1 Å². The Balaban J connectivity index is 4.18. The second kappa shape index (κ2) is 40.2. The van der Waals surface area contributed by atoms with Crippen LogP contribution in [-0.2, 0) is 27.9 Å². The van der Waals surface area contributed by atoms with Crippen LogP contribution in [0.25, 0.3) is 0 Å². The normalized spacial score (nSPS) is 14.1. The molecule has 302 valence electrons. The van der Waals surface area contributed by atoms with Crippen molar-refractivity contribution < 1.29 is 32.8 Å². The van der Waals surface area contributed by atoms with Crippen molar-refractivity contribution in [2.24, 2.45) is 5.73 Å². The summed E-state index contributed by atoms with van der Waals surface area (Å²) in [4.78, 5) is 22.2. The highest BCUT2D eigenvalue weighted by atomic mass is 31.2. The molecule has 0 bridgehead atoms. The van der Waals surface area contributed by atoms with E-state index in [1.54, 1.807) is 6.26 Å². The Morgan fingerprint density at radius 1 is 0.596 bits per heavy atom. The number of phosphoric ester groups is 1. The van der Waals surface area contributed by atoms with Gasteiger partial charge in [0.2, 0.25) is 0 Å². The lowest BCUT2D eigenvalue weighted by atomic mass is 10.1. The van der Waals surface area contributed by atoms with Crippen LogP contribution in [0.1, 0.15) is 174 Å². The summed E-state index contributed by atoms with van der Waals surface area (Å²) >= 11 is 0. The number of nitrogens with two attached hydrogens (primary N) is 1. The number of ether oxygens (including phenoxy) is 2.